The van der Waals surface area contributed by atoms with E-state index in [9.17, 15) is 0 Å². The third-order valence-corrected chi connectivity index (χ3v) is 3.54. The molecule has 0 unspecified atom stereocenters. The van der Waals surface area contributed by atoms with Gasteiger partial charge in [-0.25, -0.2) is 4.98 Å². The normalized spacial score (nSPS) is 18.9. The zero-order valence-electron chi connectivity index (χ0n) is 10.9. The Labute approximate surface area is 104 Å². The average molecular weight is 233 g/mol. The summed E-state index contributed by atoms with van der Waals surface area (Å²) >= 11 is 0. The van der Waals surface area contributed by atoms with Crippen LogP contribution in [0.3, 0.4) is 0 Å². The summed E-state index contributed by atoms with van der Waals surface area (Å²) in [5, 5.41) is 6.77. The molecule has 0 amide bonds. The highest BCUT2D eigenvalue weighted by atomic mass is 15.0. The smallest absolute Gasteiger partial charge is 0.129 e. The minimum Gasteiger partial charge on any atom is -0.370 e. The molecule has 2 aliphatic heterocycles. The van der Waals surface area contributed by atoms with Gasteiger partial charge in [-0.05, 0) is 55.5 Å². The Bertz CT molecular complexity index is 356. The number of nitrogens with zero attached hydrogens (tertiary/aromatic N) is 1. The molecule has 2 N–H and O–H groups in total. The third kappa shape index (κ3) is 2.60. The number of hydrogen-bond donors (Lipinski definition) is 2. The van der Waals surface area contributed by atoms with Gasteiger partial charge < -0.3 is 10.6 Å². The van der Waals surface area contributed by atoms with E-state index in [1.165, 1.54) is 18.4 Å². The number of pyridine rings is 1. The molecular formula is C14H23N3. The Morgan fingerprint density at radius 2 is 1.94 bits per heavy atom. The highest BCUT2D eigenvalue weighted by Crippen LogP contribution is 2.32. The molecule has 0 aliphatic carbocycles. The molecule has 1 aromatic heterocycles. The molecule has 1 saturated heterocycles. The number of fused-ring (bicyclic) bond motifs is 1. The maximum absolute atomic E-state index is 4.39. The second-order valence-electron chi connectivity index (χ2n) is 4.43. The van der Waals surface area contributed by atoms with Crippen LogP contribution in [0.1, 0.15) is 43.7 Å². The first kappa shape index (κ1) is 12.4. The molecule has 0 saturated carbocycles. The van der Waals surface area contributed by atoms with Crippen molar-refractivity contribution in [3.63, 3.8) is 0 Å². The van der Waals surface area contributed by atoms with Crippen LogP contribution in [0.25, 0.3) is 0 Å². The van der Waals surface area contributed by atoms with E-state index in [2.05, 4.69) is 21.7 Å². The van der Waals surface area contributed by atoms with Gasteiger partial charge in [0.05, 0.1) is 0 Å². The van der Waals surface area contributed by atoms with Gasteiger partial charge in [0.15, 0.2) is 0 Å². The lowest BCUT2D eigenvalue weighted by Crippen LogP contribution is -2.27. The lowest BCUT2D eigenvalue weighted by atomic mass is 9.87. The maximum Gasteiger partial charge on any atom is 0.129 e. The van der Waals surface area contributed by atoms with Crippen LogP contribution < -0.4 is 10.6 Å². The van der Waals surface area contributed by atoms with Crippen LogP contribution >= 0.6 is 0 Å². The Balaban J connectivity index is 0.000000514. The first-order valence-electron chi connectivity index (χ1n) is 6.87. The van der Waals surface area contributed by atoms with Crippen LogP contribution in [-0.4, -0.2) is 24.6 Å². The van der Waals surface area contributed by atoms with Crippen molar-refractivity contribution in [2.24, 2.45) is 0 Å². The number of hydrogen-bond acceptors (Lipinski definition) is 3. The van der Waals surface area contributed by atoms with E-state index in [-0.39, 0.29) is 0 Å². The van der Waals surface area contributed by atoms with Crippen molar-refractivity contribution in [3.05, 3.63) is 23.4 Å². The molecule has 0 atom stereocenters. The van der Waals surface area contributed by atoms with Crippen LogP contribution in [-0.2, 0) is 6.42 Å². The highest BCUT2D eigenvalue weighted by Gasteiger charge is 2.22. The number of anilines is 1. The van der Waals surface area contributed by atoms with Crippen LogP contribution in [0.4, 0.5) is 5.82 Å². The topological polar surface area (TPSA) is 37.0 Å². The van der Waals surface area contributed by atoms with E-state index in [4.69, 9.17) is 0 Å². The van der Waals surface area contributed by atoms with Gasteiger partial charge >= 0.3 is 0 Å². The van der Waals surface area contributed by atoms with Crippen molar-refractivity contribution >= 4 is 5.82 Å². The van der Waals surface area contributed by atoms with E-state index in [1.54, 1.807) is 5.56 Å². The van der Waals surface area contributed by atoms with Gasteiger partial charge in [0.1, 0.15) is 5.82 Å². The lowest BCUT2D eigenvalue weighted by molar-refractivity contribution is 0.458. The van der Waals surface area contributed by atoms with Gasteiger partial charge in [-0.15, -0.1) is 0 Å². The molecule has 1 aromatic rings. The number of aromatic nitrogens is 1. The van der Waals surface area contributed by atoms with E-state index >= 15 is 0 Å². The predicted molar refractivity (Wildman–Crippen MR) is 72.6 cm³/mol. The van der Waals surface area contributed by atoms with Crippen LogP contribution in [0.15, 0.2) is 12.3 Å². The molecule has 0 spiro atoms. The summed E-state index contributed by atoms with van der Waals surface area (Å²) in [6.07, 6.45) is 5.66. The maximum atomic E-state index is 4.39. The van der Waals surface area contributed by atoms with Gasteiger partial charge in [-0.2, -0.15) is 0 Å². The molecule has 3 heterocycles. The summed E-state index contributed by atoms with van der Waals surface area (Å²) in [7, 11) is 0. The van der Waals surface area contributed by atoms with Crippen LogP contribution in [0.2, 0.25) is 0 Å². The van der Waals surface area contributed by atoms with Gasteiger partial charge in [0.2, 0.25) is 0 Å². The predicted octanol–water partition coefficient (Wildman–Crippen LogP) is 2.54. The summed E-state index contributed by atoms with van der Waals surface area (Å²) in [5.41, 5.74) is 3.02. The van der Waals surface area contributed by atoms with Crippen LogP contribution in [0.5, 0.6) is 0 Å². The zero-order chi connectivity index (χ0) is 12.1. The Morgan fingerprint density at radius 1 is 1.18 bits per heavy atom. The third-order valence-electron chi connectivity index (χ3n) is 3.54. The van der Waals surface area contributed by atoms with Crippen molar-refractivity contribution < 1.29 is 0 Å². The van der Waals surface area contributed by atoms with Gasteiger partial charge in [0.25, 0.3) is 0 Å². The first-order chi connectivity index (χ1) is 8.45. The summed E-state index contributed by atoms with van der Waals surface area (Å²) in [6, 6.07) is 2.22. The molecule has 0 aromatic carbocycles. The quantitative estimate of drug-likeness (QED) is 0.782. The minimum atomic E-state index is 0.753. The van der Waals surface area contributed by atoms with Crippen molar-refractivity contribution in [2.75, 3.05) is 25.0 Å². The molecule has 17 heavy (non-hydrogen) atoms. The molecule has 0 bridgehead atoms. The molecule has 1 fully saturated rings. The Morgan fingerprint density at radius 3 is 2.71 bits per heavy atom. The molecule has 0 radical (unpaired) electrons. The molecule has 2 aliphatic rings. The van der Waals surface area contributed by atoms with E-state index < -0.39 is 0 Å². The number of nitrogens with one attached hydrogen (secondary N) is 2. The fraction of sp³-hybridized carbons (Fsp3) is 0.643. The van der Waals surface area contributed by atoms with E-state index in [1.807, 2.05) is 20.0 Å². The minimum absolute atomic E-state index is 0.753. The molecule has 3 heteroatoms. The van der Waals surface area contributed by atoms with Crippen LogP contribution in [0, 0.1) is 0 Å². The van der Waals surface area contributed by atoms with Gasteiger partial charge in [-0.1, -0.05) is 13.8 Å². The number of piperidine rings is 1. The molecule has 94 valence electrons. The van der Waals surface area contributed by atoms with E-state index in [0.717, 1.165) is 37.8 Å². The summed E-state index contributed by atoms with van der Waals surface area (Å²) in [4.78, 5) is 4.39. The van der Waals surface area contributed by atoms with Gasteiger partial charge in [0, 0.05) is 12.7 Å². The van der Waals surface area contributed by atoms with Crippen molar-refractivity contribution in [2.45, 2.75) is 39.0 Å². The highest BCUT2D eigenvalue weighted by molar-refractivity contribution is 5.53. The zero-order valence-corrected chi connectivity index (χ0v) is 10.9. The summed E-state index contributed by atoms with van der Waals surface area (Å²) < 4.78 is 0. The average Bonchev–Trinajstić information content (AvgIpc) is 2.90. The monoisotopic (exact) mass is 233 g/mol. The molecule has 3 rings (SSSR count). The van der Waals surface area contributed by atoms with Crippen molar-refractivity contribution in [3.8, 4) is 0 Å². The largest absolute Gasteiger partial charge is 0.370 e. The molecular weight excluding hydrogens is 210 g/mol. The lowest BCUT2D eigenvalue weighted by Gasteiger charge is -2.24. The second-order valence-corrected chi connectivity index (χ2v) is 4.43. The Kier molecular flexibility index (Phi) is 4.37. The fourth-order valence-electron chi connectivity index (χ4n) is 2.74. The van der Waals surface area contributed by atoms with E-state index in [0.29, 0.717) is 0 Å². The second kappa shape index (κ2) is 6.01. The summed E-state index contributed by atoms with van der Waals surface area (Å²) in [6.45, 7) is 7.38. The molecule has 3 nitrogen and oxygen atoms in total. The fourth-order valence-corrected chi connectivity index (χ4v) is 2.74. The number of rotatable bonds is 1. The first-order valence-corrected chi connectivity index (χ1v) is 6.87. The van der Waals surface area contributed by atoms with Gasteiger partial charge in [-0.3, -0.25) is 0 Å². The summed E-state index contributed by atoms with van der Waals surface area (Å²) in [5.74, 6) is 1.88. The Hall–Kier alpha value is -1.09. The van der Waals surface area contributed by atoms with Crippen molar-refractivity contribution in [1.82, 2.24) is 10.3 Å². The SMILES string of the molecule is CC.c1cc(C2CCNCC2)c2c(n1)NCC2. The van der Waals surface area contributed by atoms with Crippen molar-refractivity contribution in [1.29, 1.82) is 0 Å². The standard InChI is InChI=1S/C12H17N3.C2H6/c1-5-13-6-2-9(1)10-3-7-14-12-11(10)4-8-15-12;1-2/h3,7,9,13H,1-2,4-6,8H2,(H,14,15);1-2H3.